The number of aromatic nitrogens is 3. The number of pyridine rings is 1. The van der Waals surface area contributed by atoms with Gasteiger partial charge in [0.2, 0.25) is 0 Å². The zero-order chi connectivity index (χ0) is 24.9. The number of hydrogen-bond donors (Lipinski definition) is 0. The number of carbonyl (C=O) groups excluding carboxylic acids is 1. The standard InChI is InChI=1S/C24H26F3N3O4/c1-15(2)23-17(14-30(29-23)22-10-7-18(13-28-22)24(25,26)27)6-5-11-33-21-12-19(34-16(3)31)8-9-20(21)32-4/h7-10,12-15H,5-6,11H2,1-4H3. The molecule has 0 aliphatic heterocycles. The second-order valence-electron chi connectivity index (χ2n) is 7.90. The van der Waals surface area contributed by atoms with E-state index in [4.69, 9.17) is 14.2 Å². The van der Waals surface area contributed by atoms with E-state index >= 15 is 0 Å². The Labute approximate surface area is 195 Å². The number of esters is 1. The smallest absolute Gasteiger partial charge is 0.417 e. The first kappa shape index (κ1) is 25.1. The third-order valence-electron chi connectivity index (χ3n) is 4.92. The van der Waals surface area contributed by atoms with Crippen molar-refractivity contribution in [2.45, 2.75) is 45.7 Å². The number of nitrogens with zero attached hydrogens (tertiary/aromatic N) is 3. The van der Waals surface area contributed by atoms with Crippen molar-refractivity contribution < 1.29 is 32.2 Å². The summed E-state index contributed by atoms with van der Waals surface area (Å²) in [7, 11) is 1.52. The molecule has 34 heavy (non-hydrogen) atoms. The van der Waals surface area contributed by atoms with Gasteiger partial charge >= 0.3 is 12.1 Å². The lowest BCUT2D eigenvalue weighted by Crippen LogP contribution is -2.07. The van der Waals surface area contributed by atoms with Crippen LogP contribution >= 0.6 is 0 Å². The number of carbonyl (C=O) groups is 1. The second kappa shape index (κ2) is 10.6. The molecule has 0 unspecified atom stereocenters. The Kier molecular flexibility index (Phi) is 7.80. The summed E-state index contributed by atoms with van der Waals surface area (Å²) in [5.41, 5.74) is 0.995. The van der Waals surface area contributed by atoms with E-state index in [9.17, 15) is 18.0 Å². The fourth-order valence-corrected chi connectivity index (χ4v) is 3.35. The molecule has 0 radical (unpaired) electrons. The average molecular weight is 477 g/mol. The van der Waals surface area contributed by atoms with Gasteiger partial charge in [0.15, 0.2) is 17.3 Å². The van der Waals surface area contributed by atoms with Crippen LogP contribution < -0.4 is 14.2 Å². The number of halogens is 3. The Morgan fingerprint density at radius 1 is 1.15 bits per heavy atom. The van der Waals surface area contributed by atoms with E-state index in [0.717, 1.165) is 23.5 Å². The number of alkyl halides is 3. The topological polar surface area (TPSA) is 75.5 Å². The van der Waals surface area contributed by atoms with Gasteiger partial charge in [-0.15, -0.1) is 0 Å². The van der Waals surface area contributed by atoms with Crippen LogP contribution in [0.4, 0.5) is 13.2 Å². The summed E-state index contributed by atoms with van der Waals surface area (Å²) in [4.78, 5) is 15.1. The Bertz CT molecular complexity index is 1130. The van der Waals surface area contributed by atoms with Crippen molar-refractivity contribution in [3.63, 3.8) is 0 Å². The molecule has 0 aliphatic carbocycles. The van der Waals surface area contributed by atoms with Crippen LogP contribution in [0, 0.1) is 0 Å². The maximum atomic E-state index is 12.8. The minimum atomic E-state index is -4.44. The lowest BCUT2D eigenvalue weighted by Gasteiger charge is -2.12. The zero-order valence-corrected chi connectivity index (χ0v) is 19.3. The van der Waals surface area contributed by atoms with Gasteiger partial charge in [-0.3, -0.25) is 4.79 Å². The van der Waals surface area contributed by atoms with Gasteiger partial charge in [0, 0.05) is 25.4 Å². The average Bonchev–Trinajstić information content (AvgIpc) is 3.20. The van der Waals surface area contributed by atoms with E-state index in [-0.39, 0.29) is 5.92 Å². The van der Waals surface area contributed by atoms with Gasteiger partial charge in [-0.25, -0.2) is 9.67 Å². The van der Waals surface area contributed by atoms with Gasteiger partial charge < -0.3 is 14.2 Å². The molecule has 2 heterocycles. The van der Waals surface area contributed by atoms with E-state index in [0.29, 0.717) is 42.5 Å². The Hall–Kier alpha value is -3.56. The number of benzene rings is 1. The van der Waals surface area contributed by atoms with Crippen molar-refractivity contribution in [2.24, 2.45) is 0 Å². The molecule has 7 nitrogen and oxygen atoms in total. The Morgan fingerprint density at radius 2 is 1.91 bits per heavy atom. The highest BCUT2D eigenvalue weighted by atomic mass is 19.4. The largest absolute Gasteiger partial charge is 0.493 e. The molecule has 0 fully saturated rings. The molecule has 0 N–H and O–H groups in total. The molecule has 182 valence electrons. The molecule has 0 spiro atoms. The monoisotopic (exact) mass is 477 g/mol. The molecule has 3 aromatic rings. The second-order valence-corrected chi connectivity index (χ2v) is 7.90. The van der Waals surface area contributed by atoms with E-state index in [1.54, 1.807) is 24.4 Å². The number of hydrogen-bond acceptors (Lipinski definition) is 6. The number of aryl methyl sites for hydroxylation is 1. The highest BCUT2D eigenvalue weighted by molar-refractivity contribution is 5.69. The number of ether oxygens (including phenoxy) is 3. The van der Waals surface area contributed by atoms with Gasteiger partial charge in [0.25, 0.3) is 0 Å². The van der Waals surface area contributed by atoms with E-state index in [1.165, 1.54) is 24.8 Å². The van der Waals surface area contributed by atoms with Crippen molar-refractivity contribution in [1.29, 1.82) is 0 Å². The minimum absolute atomic E-state index is 0.118. The first-order chi connectivity index (χ1) is 16.1. The Balaban J connectivity index is 1.68. The maximum absolute atomic E-state index is 12.8. The van der Waals surface area contributed by atoms with Crippen molar-refractivity contribution in [1.82, 2.24) is 14.8 Å². The van der Waals surface area contributed by atoms with Crippen molar-refractivity contribution in [3.05, 3.63) is 59.5 Å². The van der Waals surface area contributed by atoms with Crippen LogP contribution in [0.5, 0.6) is 17.2 Å². The highest BCUT2D eigenvalue weighted by Crippen LogP contribution is 2.32. The highest BCUT2D eigenvalue weighted by Gasteiger charge is 2.30. The Morgan fingerprint density at radius 3 is 2.50 bits per heavy atom. The third kappa shape index (κ3) is 6.27. The molecule has 0 amide bonds. The van der Waals surface area contributed by atoms with Crippen LogP contribution in [-0.4, -0.2) is 34.5 Å². The summed E-state index contributed by atoms with van der Waals surface area (Å²) in [5, 5.41) is 4.54. The van der Waals surface area contributed by atoms with Crippen LogP contribution in [0.1, 0.15) is 49.9 Å². The predicted molar refractivity (Wildman–Crippen MR) is 119 cm³/mol. The summed E-state index contributed by atoms with van der Waals surface area (Å²) < 4.78 is 56.2. The van der Waals surface area contributed by atoms with Crippen LogP contribution in [-0.2, 0) is 17.4 Å². The quantitative estimate of drug-likeness (QED) is 0.235. The van der Waals surface area contributed by atoms with Gasteiger partial charge in [-0.05, 0) is 48.6 Å². The van der Waals surface area contributed by atoms with E-state index in [1.807, 2.05) is 13.8 Å². The fraction of sp³-hybridized carbons (Fsp3) is 0.375. The summed E-state index contributed by atoms with van der Waals surface area (Å²) in [6.07, 6.45) is -0.569. The molecular formula is C24H26F3N3O4. The third-order valence-corrected chi connectivity index (χ3v) is 4.92. The van der Waals surface area contributed by atoms with Gasteiger partial charge in [0.1, 0.15) is 5.75 Å². The molecule has 0 aliphatic rings. The molecule has 2 aromatic heterocycles. The maximum Gasteiger partial charge on any atom is 0.417 e. The summed E-state index contributed by atoms with van der Waals surface area (Å²) in [5.74, 6) is 1.32. The molecular weight excluding hydrogens is 451 g/mol. The normalized spacial score (nSPS) is 11.5. The molecule has 0 bridgehead atoms. The SMILES string of the molecule is COc1ccc(OC(C)=O)cc1OCCCc1cn(-c2ccc(C(F)(F)F)cn2)nc1C(C)C. The van der Waals surface area contributed by atoms with Gasteiger partial charge in [-0.2, -0.15) is 18.3 Å². The van der Waals surface area contributed by atoms with Crippen LogP contribution in [0.2, 0.25) is 0 Å². The van der Waals surface area contributed by atoms with Crippen molar-refractivity contribution >= 4 is 5.97 Å². The summed E-state index contributed by atoms with van der Waals surface area (Å²) in [6, 6.07) is 7.16. The predicted octanol–water partition coefficient (Wildman–Crippen LogP) is 5.36. The van der Waals surface area contributed by atoms with Crippen molar-refractivity contribution in [2.75, 3.05) is 13.7 Å². The fourth-order valence-electron chi connectivity index (χ4n) is 3.35. The first-order valence-electron chi connectivity index (χ1n) is 10.7. The molecule has 3 rings (SSSR count). The zero-order valence-electron chi connectivity index (χ0n) is 19.3. The van der Waals surface area contributed by atoms with Crippen LogP contribution in [0.3, 0.4) is 0 Å². The van der Waals surface area contributed by atoms with E-state index in [2.05, 4.69) is 10.1 Å². The number of rotatable bonds is 9. The van der Waals surface area contributed by atoms with Crippen molar-refractivity contribution in [3.8, 4) is 23.1 Å². The number of methoxy groups -OCH3 is 1. The van der Waals surface area contributed by atoms with E-state index < -0.39 is 17.7 Å². The van der Waals surface area contributed by atoms with Crippen LogP contribution in [0.15, 0.2) is 42.7 Å². The lowest BCUT2D eigenvalue weighted by molar-refractivity contribution is -0.138. The lowest BCUT2D eigenvalue weighted by atomic mass is 10.0. The molecule has 1 aromatic carbocycles. The van der Waals surface area contributed by atoms with Gasteiger partial charge in [0.05, 0.1) is 25.0 Å². The molecule has 10 heteroatoms. The minimum Gasteiger partial charge on any atom is -0.493 e. The molecule has 0 saturated heterocycles. The first-order valence-corrected chi connectivity index (χ1v) is 10.7. The van der Waals surface area contributed by atoms with Gasteiger partial charge in [-0.1, -0.05) is 13.8 Å². The summed E-state index contributed by atoms with van der Waals surface area (Å²) >= 11 is 0. The molecule has 0 atom stereocenters. The van der Waals surface area contributed by atoms with Crippen LogP contribution in [0.25, 0.3) is 5.82 Å². The molecule has 0 saturated carbocycles. The summed E-state index contributed by atoms with van der Waals surface area (Å²) in [6.45, 7) is 5.68.